The van der Waals surface area contributed by atoms with E-state index in [1.165, 1.54) is 16.8 Å². The maximum absolute atomic E-state index is 6.18. The van der Waals surface area contributed by atoms with Gasteiger partial charge in [0, 0.05) is 11.6 Å². The third-order valence-corrected chi connectivity index (χ3v) is 4.39. The Morgan fingerprint density at radius 3 is 2.57 bits per heavy atom. The first-order chi connectivity index (χ1) is 11.4. The molecule has 5 rings (SSSR count). The van der Waals surface area contributed by atoms with Crippen LogP contribution < -0.4 is 9.14 Å². The van der Waals surface area contributed by atoms with E-state index in [1.54, 1.807) is 7.11 Å². The molecule has 4 aromatic rings. The molecule has 2 aromatic carbocycles. The fourth-order valence-corrected chi connectivity index (χ4v) is 3.38. The van der Waals surface area contributed by atoms with Crippen molar-refractivity contribution in [3.05, 3.63) is 66.7 Å². The number of aromatic nitrogens is 1. The normalized spacial score (nSPS) is 11.7. The van der Waals surface area contributed by atoms with Crippen molar-refractivity contribution in [1.82, 2.24) is 0 Å². The van der Waals surface area contributed by atoms with Crippen LogP contribution in [0.15, 0.2) is 71.1 Å². The van der Waals surface area contributed by atoms with Gasteiger partial charge >= 0.3 is 5.71 Å². The van der Waals surface area contributed by atoms with Crippen LogP contribution in [0.1, 0.15) is 0 Å². The van der Waals surface area contributed by atoms with Crippen LogP contribution >= 0.6 is 0 Å². The van der Waals surface area contributed by atoms with Gasteiger partial charge in [-0.1, -0.05) is 24.3 Å². The summed E-state index contributed by atoms with van der Waals surface area (Å²) in [6.07, 6.45) is 0. The molecule has 110 valence electrons. The van der Waals surface area contributed by atoms with Crippen molar-refractivity contribution in [1.29, 1.82) is 0 Å². The largest absolute Gasteiger partial charge is 0.497 e. The number of fused-ring (bicyclic) bond motifs is 3. The summed E-state index contributed by atoms with van der Waals surface area (Å²) in [6, 6.07) is 22.6. The van der Waals surface area contributed by atoms with Crippen LogP contribution in [0.3, 0.4) is 0 Å². The summed E-state index contributed by atoms with van der Waals surface area (Å²) in [4.78, 5) is 0. The summed E-state index contributed by atoms with van der Waals surface area (Å²) in [7, 11) is 1.68. The molecule has 1 aliphatic rings. The minimum absolute atomic E-state index is 0.826. The molecule has 0 saturated carbocycles. The lowest BCUT2D eigenvalue weighted by Crippen LogP contribution is -2.20. The molecular formula is C20H14NO2+. The highest BCUT2D eigenvalue weighted by Gasteiger charge is 2.37. The molecule has 0 spiro atoms. The minimum atomic E-state index is 0.826. The van der Waals surface area contributed by atoms with E-state index in [2.05, 4.69) is 40.8 Å². The van der Waals surface area contributed by atoms with E-state index >= 15 is 0 Å². The molecule has 3 nitrogen and oxygen atoms in total. The average Bonchev–Trinajstić information content (AvgIpc) is 3.16. The summed E-state index contributed by atoms with van der Waals surface area (Å²) in [5, 5.41) is 0. The first-order valence-electron chi connectivity index (χ1n) is 7.58. The highest BCUT2D eigenvalue weighted by atomic mass is 16.5. The summed E-state index contributed by atoms with van der Waals surface area (Å²) in [5.74, 6) is 1.70. The number of ether oxygens (including phenoxy) is 1. The van der Waals surface area contributed by atoms with Gasteiger partial charge in [0.05, 0.1) is 24.3 Å². The summed E-state index contributed by atoms with van der Waals surface area (Å²) < 4.78 is 13.7. The van der Waals surface area contributed by atoms with Crippen molar-refractivity contribution < 1.29 is 13.6 Å². The Kier molecular flexibility index (Phi) is 2.42. The Balaban J connectivity index is 1.88. The number of hydrogen-bond acceptors (Lipinski definition) is 2. The number of nitrogens with zero attached hydrogens (tertiary/aromatic N) is 1. The fraction of sp³-hybridized carbons (Fsp3) is 0.0500. The van der Waals surface area contributed by atoms with Crippen molar-refractivity contribution >= 4 is 5.71 Å². The van der Waals surface area contributed by atoms with E-state index in [9.17, 15) is 0 Å². The van der Waals surface area contributed by atoms with E-state index in [-0.39, 0.29) is 0 Å². The monoisotopic (exact) mass is 300 g/mol. The van der Waals surface area contributed by atoms with Crippen molar-refractivity contribution in [2.24, 2.45) is 0 Å². The molecule has 3 heterocycles. The third kappa shape index (κ3) is 1.62. The van der Waals surface area contributed by atoms with Gasteiger partial charge in [0.1, 0.15) is 5.75 Å². The zero-order valence-electron chi connectivity index (χ0n) is 12.6. The van der Waals surface area contributed by atoms with E-state index < -0.39 is 0 Å². The lowest BCUT2D eigenvalue weighted by molar-refractivity contribution is -0.485. The number of benzene rings is 2. The molecule has 0 radical (unpaired) electrons. The smallest absolute Gasteiger partial charge is 0.380 e. The zero-order valence-corrected chi connectivity index (χ0v) is 12.6. The molecule has 23 heavy (non-hydrogen) atoms. The maximum Gasteiger partial charge on any atom is 0.380 e. The summed E-state index contributed by atoms with van der Waals surface area (Å²) in [6.45, 7) is 0. The Hall–Kier alpha value is -3.07. The van der Waals surface area contributed by atoms with Gasteiger partial charge in [-0.25, -0.2) is 0 Å². The third-order valence-electron chi connectivity index (χ3n) is 4.39. The second kappa shape index (κ2) is 4.46. The lowest BCUT2D eigenvalue weighted by Gasteiger charge is -2.01. The maximum atomic E-state index is 6.18. The highest BCUT2D eigenvalue weighted by Crippen LogP contribution is 2.42. The topological polar surface area (TPSA) is 26.5 Å². The molecule has 0 aliphatic carbocycles. The molecular weight excluding hydrogens is 286 g/mol. The Morgan fingerprint density at radius 2 is 1.70 bits per heavy atom. The van der Waals surface area contributed by atoms with E-state index in [0.717, 1.165) is 28.5 Å². The number of methoxy groups -OCH3 is 1. The van der Waals surface area contributed by atoms with Gasteiger partial charge in [-0.15, -0.1) is 4.40 Å². The van der Waals surface area contributed by atoms with Gasteiger partial charge in [0.2, 0.25) is 11.5 Å². The SMILES string of the molecule is COc1cccc(-c2oc3cccc4[n+]3c2-c2ccccc2-4)c1. The number of oxazole rings is 1. The van der Waals surface area contributed by atoms with Crippen molar-refractivity contribution in [2.45, 2.75) is 0 Å². The molecule has 2 aromatic heterocycles. The number of hydrogen-bond donors (Lipinski definition) is 0. The van der Waals surface area contributed by atoms with Gasteiger partial charge in [-0.05, 0) is 30.3 Å². The average molecular weight is 300 g/mol. The van der Waals surface area contributed by atoms with Crippen LogP contribution in [-0.2, 0) is 0 Å². The van der Waals surface area contributed by atoms with Crippen LogP contribution in [0.5, 0.6) is 5.75 Å². The Bertz CT molecular complexity index is 1060. The van der Waals surface area contributed by atoms with Crippen LogP contribution in [0, 0.1) is 0 Å². The Morgan fingerprint density at radius 1 is 0.870 bits per heavy atom. The molecule has 1 aliphatic heterocycles. The molecule has 3 heteroatoms. The van der Waals surface area contributed by atoms with Gasteiger partial charge in [-0.2, -0.15) is 0 Å². The van der Waals surface area contributed by atoms with Crippen molar-refractivity contribution in [3.63, 3.8) is 0 Å². The first-order valence-corrected chi connectivity index (χ1v) is 7.58. The van der Waals surface area contributed by atoms with Crippen LogP contribution in [-0.4, -0.2) is 7.11 Å². The predicted octanol–water partition coefficient (Wildman–Crippen LogP) is 4.34. The summed E-state index contributed by atoms with van der Waals surface area (Å²) in [5.41, 5.74) is 6.60. The molecule has 0 fully saturated rings. The van der Waals surface area contributed by atoms with Crippen LogP contribution in [0.25, 0.3) is 39.6 Å². The standard InChI is InChI=1S/C20H14NO2/c1-22-14-7-4-6-13(12-14)20-19-16-9-3-2-8-15(16)17-10-5-11-18(23-20)21(17)19/h2-12H,1H3/q+1. The molecule has 0 atom stereocenters. The zero-order chi connectivity index (χ0) is 15.4. The van der Waals surface area contributed by atoms with Crippen LogP contribution in [0.2, 0.25) is 0 Å². The van der Waals surface area contributed by atoms with Crippen molar-refractivity contribution in [2.75, 3.05) is 7.11 Å². The second-order valence-corrected chi connectivity index (χ2v) is 5.64. The fourth-order valence-electron chi connectivity index (χ4n) is 3.38. The van der Waals surface area contributed by atoms with E-state index in [1.807, 2.05) is 30.3 Å². The minimum Gasteiger partial charge on any atom is -0.497 e. The lowest BCUT2D eigenvalue weighted by atomic mass is 10.0. The van der Waals surface area contributed by atoms with Gasteiger partial charge in [-0.3, -0.25) is 0 Å². The van der Waals surface area contributed by atoms with E-state index in [4.69, 9.17) is 9.15 Å². The predicted molar refractivity (Wildman–Crippen MR) is 88.3 cm³/mol. The molecule has 0 saturated heterocycles. The molecule has 0 amide bonds. The summed E-state index contributed by atoms with van der Waals surface area (Å²) >= 11 is 0. The quantitative estimate of drug-likeness (QED) is 0.453. The molecule has 0 bridgehead atoms. The highest BCUT2D eigenvalue weighted by molar-refractivity contribution is 5.88. The van der Waals surface area contributed by atoms with Crippen LogP contribution in [0.4, 0.5) is 0 Å². The van der Waals surface area contributed by atoms with Gasteiger partial charge in [0.15, 0.2) is 0 Å². The first kappa shape index (κ1) is 12.5. The van der Waals surface area contributed by atoms with Gasteiger partial charge in [0.25, 0.3) is 5.69 Å². The second-order valence-electron chi connectivity index (χ2n) is 5.64. The Labute approximate surface area is 133 Å². The molecule has 0 unspecified atom stereocenters. The number of rotatable bonds is 2. The van der Waals surface area contributed by atoms with E-state index in [0.29, 0.717) is 0 Å². The molecule has 0 N–H and O–H groups in total. The van der Waals surface area contributed by atoms with Gasteiger partial charge < -0.3 is 9.15 Å². The number of pyridine rings is 1. The van der Waals surface area contributed by atoms with Crippen molar-refractivity contribution in [3.8, 4) is 39.6 Å².